The van der Waals surface area contributed by atoms with Crippen molar-refractivity contribution in [1.82, 2.24) is 4.98 Å². The lowest BCUT2D eigenvalue weighted by atomic mass is 10.0. The molecule has 1 heterocycles. The van der Waals surface area contributed by atoms with Crippen molar-refractivity contribution in [1.29, 1.82) is 0 Å². The molecule has 5 heteroatoms. The van der Waals surface area contributed by atoms with Crippen molar-refractivity contribution in [3.8, 4) is 0 Å². The predicted molar refractivity (Wildman–Crippen MR) is 61.7 cm³/mol. The molecule has 18 heavy (non-hydrogen) atoms. The second-order valence-electron chi connectivity index (χ2n) is 3.85. The standard InChI is InChI=1S/C13H11F3N2/c14-13(15,16)10-6-4-9(5-7-10)12(17)11-3-1-2-8-18-11/h1-8,12H,17H2. The normalized spacial score (nSPS) is 13.3. The Labute approximate surface area is 102 Å². The molecule has 0 aliphatic heterocycles. The molecule has 0 saturated carbocycles. The van der Waals surface area contributed by atoms with Gasteiger partial charge >= 0.3 is 6.18 Å². The quantitative estimate of drug-likeness (QED) is 0.891. The van der Waals surface area contributed by atoms with Crippen LogP contribution in [0, 0.1) is 0 Å². The Kier molecular flexibility index (Phi) is 3.34. The molecule has 94 valence electrons. The summed E-state index contributed by atoms with van der Waals surface area (Å²) in [7, 11) is 0. The number of nitrogens with zero attached hydrogens (tertiary/aromatic N) is 1. The van der Waals surface area contributed by atoms with Crippen molar-refractivity contribution in [3.05, 3.63) is 65.5 Å². The highest BCUT2D eigenvalue weighted by Gasteiger charge is 2.30. The molecular formula is C13H11F3N2. The minimum absolute atomic E-state index is 0.520. The first-order valence-electron chi connectivity index (χ1n) is 5.32. The summed E-state index contributed by atoms with van der Waals surface area (Å²) < 4.78 is 37.2. The third-order valence-corrected chi connectivity index (χ3v) is 2.60. The van der Waals surface area contributed by atoms with Crippen LogP contribution in [0.15, 0.2) is 48.7 Å². The zero-order valence-electron chi connectivity index (χ0n) is 9.35. The van der Waals surface area contributed by atoms with Gasteiger partial charge in [0.25, 0.3) is 0 Å². The zero-order valence-corrected chi connectivity index (χ0v) is 9.35. The second kappa shape index (κ2) is 4.78. The monoisotopic (exact) mass is 252 g/mol. The number of hydrogen-bond acceptors (Lipinski definition) is 2. The van der Waals surface area contributed by atoms with Crippen LogP contribution < -0.4 is 5.73 Å². The van der Waals surface area contributed by atoms with Crippen molar-refractivity contribution >= 4 is 0 Å². The van der Waals surface area contributed by atoms with Crippen LogP contribution in [0.4, 0.5) is 13.2 Å². The Morgan fingerprint density at radius 3 is 2.17 bits per heavy atom. The molecule has 2 rings (SSSR count). The Balaban J connectivity index is 2.25. The fourth-order valence-corrected chi connectivity index (χ4v) is 1.61. The molecule has 0 aliphatic rings. The van der Waals surface area contributed by atoms with Gasteiger partial charge in [0.05, 0.1) is 17.3 Å². The molecule has 0 amide bonds. The minimum Gasteiger partial charge on any atom is -0.319 e. The highest BCUT2D eigenvalue weighted by Crippen LogP contribution is 2.30. The van der Waals surface area contributed by atoms with Crippen LogP contribution in [0.3, 0.4) is 0 Å². The summed E-state index contributed by atoms with van der Waals surface area (Å²) in [5, 5.41) is 0. The third-order valence-electron chi connectivity index (χ3n) is 2.60. The number of halogens is 3. The van der Waals surface area contributed by atoms with Crippen molar-refractivity contribution < 1.29 is 13.2 Å². The van der Waals surface area contributed by atoms with Crippen LogP contribution in [0.1, 0.15) is 22.9 Å². The van der Waals surface area contributed by atoms with E-state index in [-0.39, 0.29) is 0 Å². The first kappa shape index (κ1) is 12.6. The second-order valence-corrected chi connectivity index (χ2v) is 3.85. The molecular weight excluding hydrogens is 241 g/mol. The van der Waals surface area contributed by atoms with Crippen LogP contribution in [0.5, 0.6) is 0 Å². The van der Waals surface area contributed by atoms with Crippen molar-refractivity contribution in [2.24, 2.45) is 5.73 Å². The summed E-state index contributed by atoms with van der Waals surface area (Å²) >= 11 is 0. The van der Waals surface area contributed by atoms with Crippen molar-refractivity contribution in [3.63, 3.8) is 0 Å². The molecule has 0 saturated heterocycles. The van der Waals surface area contributed by atoms with E-state index in [0.717, 1.165) is 12.1 Å². The van der Waals surface area contributed by atoms with Gasteiger partial charge in [-0.05, 0) is 29.8 Å². The van der Waals surface area contributed by atoms with Gasteiger partial charge in [-0.3, -0.25) is 4.98 Å². The largest absolute Gasteiger partial charge is 0.416 e. The first-order chi connectivity index (χ1) is 8.48. The van der Waals surface area contributed by atoms with Gasteiger partial charge in [0, 0.05) is 6.20 Å². The van der Waals surface area contributed by atoms with Crippen LogP contribution in [0.2, 0.25) is 0 Å². The molecule has 0 fully saturated rings. The molecule has 0 aliphatic carbocycles. The van der Waals surface area contributed by atoms with E-state index in [1.807, 2.05) is 0 Å². The number of aromatic nitrogens is 1. The maximum atomic E-state index is 12.4. The van der Waals surface area contributed by atoms with Gasteiger partial charge in [0.1, 0.15) is 0 Å². The van der Waals surface area contributed by atoms with E-state index in [4.69, 9.17) is 5.73 Å². The van der Waals surface area contributed by atoms with Gasteiger partial charge in [0.15, 0.2) is 0 Å². The molecule has 2 aromatic rings. The molecule has 2 nitrogen and oxygen atoms in total. The summed E-state index contributed by atoms with van der Waals surface area (Å²) in [6.45, 7) is 0. The van der Waals surface area contributed by atoms with E-state index >= 15 is 0 Å². The topological polar surface area (TPSA) is 38.9 Å². The summed E-state index contributed by atoms with van der Waals surface area (Å²) in [6, 6.07) is 9.56. The molecule has 1 atom stereocenters. The van der Waals surface area contributed by atoms with Crippen LogP contribution in [-0.2, 0) is 6.18 Å². The zero-order chi connectivity index (χ0) is 13.2. The van der Waals surface area contributed by atoms with Crippen LogP contribution >= 0.6 is 0 Å². The Morgan fingerprint density at radius 2 is 1.67 bits per heavy atom. The van der Waals surface area contributed by atoms with E-state index < -0.39 is 17.8 Å². The number of hydrogen-bond donors (Lipinski definition) is 1. The molecule has 1 unspecified atom stereocenters. The van der Waals surface area contributed by atoms with Gasteiger partial charge < -0.3 is 5.73 Å². The first-order valence-corrected chi connectivity index (χ1v) is 5.32. The average Bonchev–Trinajstić information content (AvgIpc) is 2.38. The number of benzene rings is 1. The van der Waals surface area contributed by atoms with Gasteiger partial charge in [-0.1, -0.05) is 18.2 Å². The maximum Gasteiger partial charge on any atom is 0.416 e. The SMILES string of the molecule is NC(c1ccc(C(F)(F)F)cc1)c1ccccn1. The lowest BCUT2D eigenvalue weighted by molar-refractivity contribution is -0.137. The highest BCUT2D eigenvalue weighted by molar-refractivity contribution is 5.31. The lowest BCUT2D eigenvalue weighted by Crippen LogP contribution is -2.14. The van der Waals surface area contributed by atoms with E-state index in [9.17, 15) is 13.2 Å². The average molecular weight is 252 g/mol. The summed E-state index contributed by atoms with van der Waals surface area (Å²) in [5.74, 6) is 0. The van der Waals surface area contributed by atoms with E-state index in [0.29, 0.717) is 11.3 Å². The predicted octanol–water partition coefficient (Wildman–Crippen LogP) is 3.15. The molecule has 0 spiro atoms. The minimum atomic E-state index is -4.33. The number of pyridine rings is 1. The molecule has 1 aromatic heterocycles. The van der Waals surface area contributed by atoms with Crippen molar-refractivity contribution in [2.75, 3.05) is 0 Å². The lowest BCUT2D eigenvalue weighted by Gasteiger charge is -2.13. The number of rotatable bonds is 2. The Bertz CT molecular complexity index is 506. The van der Waals surface area contributed by atoms with Gasteiger partial charge in [-0.15, -0.1) is 0 Å². The number of nitrogens with two attached hydrogens (primary N) is 1. The highest BCUT2D eigenvalue weighted by atomic mass is 19.4. The summed E-state index contributed by atoms with van der Waals surface area (Å²) in [6.07, 6.45) is -2.73. The smallest absolute Gasteiger partial charge is 0.319 e. The summed E-state index contributed by atoms with van der Waals surface area (Å²) in [5.41, 5.74) is 6.47. The van der Waals surface area contributed by atoms with E-state index in [1.54, 1.807) is 24.4 Å². The van der Waals surface area contributed by atoms with Crippen LogP contribution in [0.25, 0.3) is 0 Å². The summed E-state index contributed by atoms with van der Waals surface area (Å²) in [4.78, 5) is 4.08. The fourth-order valence-electron chi connectivity index (χ4n) is 1.61. The van der Waals surface area contributed by atoms with Crippen molar-refractivity contribution in [2.45, 2.75) is 12.2 Å². The van der Waals surface area contributed by atoms with Gasteiger partial charge in [-0.25, -0.2) is 0 Å². The number of alkyl halides is 3. The Hall–Kier alpha value is -1.88. The molecule has 0 bridgehead atoms. The molecule has 0 radical (unpaired) electrons. The van der Waals surface area contributed by atoms with Gasteiger partial charge in [0.2, 0.25) is 0 Å². The maximum absolute atomic E-state index is 12.4. The van der Waals surface area contributed by atoms with E-state index in [2.05, 4.69) is 4.98 Å². The molecule has 2 N–H and O–H groups in total. The Morgan fingerprint density at radius 1 is 1.00 bits per heavy atom. The van der Waals surface area contributed by atoms with Crippen LogP contribution in [-0.4, -0.2) is 4.98 Å². The molecule has 1 aromatic carbocycles. The third kappa shape index (κ3) is 2.68. The van der Waals surface area contributed by atoms with E-state index in [1.165, 1.54) is 12.1 Å². The van der Waals surface area contributed by atoms with Gasteiger partial charge in [-0.2, -0.15) is 13.2 Å². The fraction of sp³-hybridized carbons (Fsp3) is 0.154.